The third kappa shape index (κ3) is 3.95. The van der Waals surface area contributed by atoms with Gasteiger partial charge >= 0.3 is 5.97 Å². The summed E-state index contributed by atoms with van der Waals surface area (Å²) in [5, 5.41) is 42.3. The lowest BCUT2D eigenvalue weighted by atomic mass is 9.64. The van der Waals surface area contributed by atoms with Gasteiger partial charge in [-0.2, -0.15) is 0 Å². The number of hydrogen-bond donors (Lipinski definition) is 4. The second kappa shape index (κ2) is 9.46. The smallest absolute Gasteiger partial charge is 0.303 e. The van der Waals surface area contributed by atoms with Crippen molar-refractivity contribution in [3.63, 3.8) is 0 Å². The van der Waals surface area contributed by atoms with Crippen molar-refractivity contribution in [3.05, 3.63) is 42.0 Å². The summed E-state index contributed by atoms with van der Waals surface area (Å²) in [4.78, 5) is 38.6. The zero-order valence-electron chi connectivity index (χ0n) is 19.9. The number of carbonyl (C=O) groups excluding carboxylic acids is 2. The molecule has 36 heavy (non-hydrogen) atoms. The van der Waals surface area contributed by atoms with E-state index in [0.717, 1.165) is 10.9 Å². The molecule has 2 amide bonds. The lowest BCUT2D eigenvalue weighted by Crippen LogP contribution is -2.54. The van der Waals surface area contributed by atoms with Gasteiger partial charge in [0.2, 0.25) is 11.8 Å². The Balaban J connectivity index is 1.40. The van der Waals surface area contributed by atoms with Crippen LogP contribution >= 0.6 is 0 Å². The van der Waals surface area contributed by atoms with Crippen LogP contribution in [0.4, 0.5) is 0 Å². The average Bonchev–Trinajstić information content (AvgIpc) is 3.32. The molecule has 1 saturated carbocycles. The Morgan fingerprint density at radius 1 is 1.03 bits per heavy atom. The van der Waals surface area contributed by atoms with Crippen LogP contribution in [0.25, 0.3) is 10.8 Å². The number of aliphatic carboxylic acids is 1. The number of phenols is 1. The van der Waals surface area contributed by atoms with Gasteiger partial charge in [-0.3, -0.25) is 19.3 Å². The van der Waals surface area contributed by atoms with E-state index < -0.39 is 41.5 Å². The normalized spacial score (nSPS) is 31.6. The summed E-state index contributed by atoms with van der Waals surface area (Å²) >= 11 is 0. The topological polar surface area (TPSA) is 145 Å². The number of ether oxygens (including phenoxy) is 1. The quantitative estimate of drug-likeness (QED) is 0.322. The number of carbonyl (C=O) groups is 3. The van der Waals surface area contributed by atoms with E-state index in [9.17, 15) is 29.7 Å². The molecule has 2 aromatic rings. The molecule has 3 fully saturated rings. The second-order valence-corrected chi connectivity index (χ2v) is 10.2. The largest absolute Gasteiger partial charge is 0.507 e. The Labute approximate surface area is 208 Å². The molecule has 4 N–H and O–H groups in total. The minimum absolute atomic E-state index is 0.0467. The molecule has 1 aliphatic carbocycles. The molecule has 2 saturated heterocycles. The SMILES string of the molecule is O=C(O)CCCCCN1C(=O)[C@H]2[C@H](C[C@H](CO)[C@@]3(O)O[C@H](c4ccc(O)c5ccccc45)C[C@@H]23)C1=O. The highest BCUT2D eigenvalue weighted by atomic mass is 16.6. The third-order valence-corrected chi connectivity index (χ3v) is 8.23. The number of amides is 2. The maximum Gasteiger partial charge on any atom is 0.303 e. The van der Waals surface area contributed by atoms with Gasteiger partial charge in [-0.1, -0.05) is 36.8 Å². The number of unbranched alkanes of at least 4 members (excludes halogenated alkanes) is 2. The zero-order valence-corrected chi connectivity index (χ0v) is 19.9. The van der Waals surface area contributed by atoms with Gasteiger partial charge in [-0.15, -0.1) is 0 Å². The highest BCUT2D eigenvalue weighted by Crippen LogP contribution is 2.58. The van der Waals surface area contributed by atoms with E-state index in [4.69, 9.17) is 9.84 Å². The van der Waals surface area contributed by atoms with Crippen LogP contribution in [0.2, 0.25) is 0 Å². The number of nitrogens with zero attached hydrogens (tertiary/aromatic N) is 1. The molecule has 2 aliphatic heterocycles. The van der Waals surface area contributed by atoms with Crippen LogP contribution in [0.15, 0.2) is 36.4 Å². The van der Waals surface area contributed by atoms with E-state index in [0.29, 0.717) is 31.1 Å². The van der Waals surface area contributed by atoms with Crippen molar-refractivity contribution in [1.82, 2.24) is 4.90 Å². The minimum atomic E-state index is -1.76. The highest BCUT2D eigenvalue weighted by molar-refractivity contribution is 6.05. The van der Waals surface area contributed by atoms with Gasteiger partial charge in [0.05, 0.1) is 24.5 Å². The van der Waals surface area contributed by atoms with Gasteiger partial charge in [0.1, 0.15) is 5.75 Å². The summed E-state index contributed by atoms with van der Waals surface area (Å²) in [6, 6.07) is 10.7. The Hall–Kier alpha value is -3.01. The maximum atomic E-state index is 13.5. The lowest BCUT2D eigenvalue weighted by molar-refractivity contribution is -0.273. The van der Waals surface area contributed by atoms with Crippen molar-refractivity contribution in [1.29, 1.82) is 0 Å². The molecular weight excluding hydrogens is 466 g/mol. The standard InChI is InChI=1S/C27H31NO8/c29-14-15-12-19-24(26(34)28(25(19)33)11-5-1-2-8-23(31)32)20-13-22(36-27(15,20)35)18-9-10-21(30)17-7-4-3-6-16(17)18/h3-4,6-7,9-10,15,19-20,22,24,29-30,35H,1-2,5,8,11-14H2,(H,31,32)/t15-,19+,20+,22+,24+,27-/m1/s1. The third-order valence-electron chi connectivity index (χ3n) is 8.23. The fourth-order valence-electron chi connectivity index (χ4n) is 6.48. The molecule has 0 bridgehead atoms. The zero-order chi connectivity index (χ0) is 25.6. The van der Waals surface area contributed by atoms with Gasteiger partial charge in [-0.25, -0.2) is 0 Å². The lowest BCUT2D eigenvalue weighted by Gasteiger charge is -2.44. The van der Waals surface area contributed by atoms with E-state index >= 15 is 0 Å². The van der Waals surface area contributed by atoms with Crippen molar-refractivity contribution >= 4 is 28.6 Å². The first-order chi connectivity index (χ1) is 17.3. The van der Waals surface area contributed by atoms with Gasteiger partial charge in [-0.05, 0) is 42.7 Å². The van der Waals surface area contributed by atoms with Crippen LogP contribution in [-0.2, 0) is 19.1 Å². The molecule has 9 nitrogen and oxygen atoms in total. The Bertz CT molecular complexity index is 1200. The van der Waals surface area contributed by atoms with Crippen molar-refractivity contribution in [2.75, 3.05) is 13.2 Å². The van der Waals surface area contributed by atoms with Crippen LogP contribution in [-0.4, -0.2) is 62.0 Å². The number of likely N-dealkylation sites (tertiary alicyclic amines) is 1. The average molecular weight is 498 g/mol. The maximum absolute atomic E-state index is 13.5. The molecule has 6 atom stereocenters. The van der Waals surface area contributed by atoms with Gasteiger partial charge in [0, 0.05) is 30.2 Å². The van der Waals surface area contributed by atoms with Crippen LogP contribution in [0.5, 0.6) is 5.75 Å². The van der Waals surface area contributed by atoms with Gasteiger partial charge in [0.25, 0.3) is 0 Å². The van der Waals surface area contributed by atoms with Crippen molar-refractivity contribution in [2.45, 2.75) is 50.4 Å². The van der Waals surface area contributed by atoms with E-state index in [1.807, 2.05) is 18.2 Å². The predicted octanol–water partition coefficient (Wildman–Crippen LogP) is 2.57. The summed E-state index contributed by atoms with van der Waals surface area (Å²) in [5.41, 5.74) is 0.770. The summed E-state index contributed by atoms with van der Waals surface area (Å²) < 4.78 is 6.23. The molecule has 5 rings (SSSR count). The van der Waals surface area contributed by atoms with Crippen LogP contribution in [0.3, 0.4) is 0 Å². The predicted molar refractivity (Wildman–Crippen MR) is 127 cm³/mol. The molecule has 3 aliphatic rings. The monoisotopic (exact) mass is 497 g/mol. The number of aliphatic hydroxyl groups is 2. The van der Waals surface area contributed by atoms with Gasteiger partial charge < -0.3 is 25.2 Å². The Morgan fingerprint density at radius 3 is 2.50 bits per heavy atom. The summed E-state index contributed by atoms with van der Waals surface area (Å²) in [6.07, 6.45) is 1.50. The number of fused-ring (bicyclic) bond motifs is 4. The summed E-state index contributed by atoms with van der Waals surface area (Å²) in [6.45, 7) is -0.165. The number of carboxylic acids is 1. The Morgan fingerprint density at radius 2 is 1.78 bits per heavy atom. The first kappa shape index (κ1) is 24.7. The molecule has 0 aromatic heterocycles. The molecular formula is C27H31NO8. The van der Waals surface area contributed by atoms with Crippen LogP contribution < -0.4 is 0 Å². The molecule has 0 spiro atoms. The molecule has 0 radical (unpaired) electrons. The molecule has 2 aromatic carbocycles. The molecule has 2 heterocycles. The second-order valence-electron chi connectivity index (χ2n) is 10.2. The summed E-state index contributed by atoms with van der Waals surface area (Å²) in [5.74, 6) is -5.87. The molecule has 192 valence electrons. The molecule has 9 heteroatoms. The first-order valence-corrected chi connectivity index (χ1v) is 12.5. The number of phenolic OH excluding ortho intramolecular Hbond substituents is 1. The number of aromatic hydroxyl groups is 1. The van der Waals surface area contributed by atoms with Crippen molar-refractivity contribution in [2.24, 2.45) is 23.7 Å². The Kier molecular flexibility index (Phi) is 6.48. The fraction of sp³-hybridized carbons (Fsp3) is 0.519. The highest BCUT2D eigenvalue weighted by Gasteiger charge is 2.66. The number of benzene rings is 2. The van der Waals surface area contributed by atoms with Crippen molar-refractivity contribution < 1.29 is 39.5 Å². The number of rotatable bonds is 8. The van der Waals surface area contributed by atoms with E-state index in [1.54, 1.807) is 18.2 Å². The van der Waals surface area contributed by atoms with E-state index in [2.05, 4.69) is 0 Å². The van der Waals surface area contributed by atoms with Crippen LogP contribution in [0, 0.1) is 23.7 Å². The number of aliphatic hydroxyl groups excluding tert-OH is 1. The van der Waals surface area contributed by atoms with E-state index in [-0.39, 0.29) is 43.6 Å². The van der Waals surface area contributed by atoms with Crippen LogP contribution in [0.1, 0.15) is 50.2 Å². The number of hydrogen-bond acceptors (Lipinski definition) is 7. The first-order valence-electron chi connectivity index (χ1n) is 12.5. The minimum Gasteiger partial charge on any atom is -0.507 e. The summed E-state index contributed by atoms with van der Waals surface area (Å²) in [7, 11) is 0. The number of carboxylic acid groups (broad SMARTS) is 1. The molecule has 0 unspecified atom stereocenters. The number of imide groups is 1. The fourth-order valence-corrected chi connectivity index (χ4v) is 6.48. The van der Waals surface area contributed by atoms with Gasteiger partial charge in [0.15, 0.2) is 5.79 Å². The van der Waals surface area contributed by atoms with Crippen molar-refractivity contribution in [3.8, 4) is 5.75 Å². The van der Waals surface area contributed by atoms with E-state index in [1.165, 1.54) is 4.90 Å².